The Balaban J connectivity index is 1.77. The van der Waals surface area contributed by atoms with Crippen LogP contribution < -0.4 is 5.32 Å². The molecule has 0 aliphatic carbocycles. The second-order valence-electron chi connectivity index (χ2n) is 5.07. The van der Waals surface area contributed by atoms with E-state index in [-0.39, 0.29) is 24.3 Å². The third kappa shape index (κ3) is 4.39. The third-order valence-electron chi connectivity index (χ3n) is 3.45. The van der Waals surface area contributed by atoms with Crippen LogP contribution in [0.15, 0.2) is 24.3 Å². The zero-order valence-electron chi connectivity index (χ0n) is 12.6. The van der Waals surface area contributed by atoms with Crippen molar-refractivity contribution < 1.29 is 19.1 Å². The van der Waals surface area contributed by atoms with Gasteiger partial charge in [-0.05, 0) is 31.0 Å². The SMILES string of the molecule is CCOCC(=O)Nc1ccc(CCC(=O)N2CCC2=O)cc1. The minimum absolute atomic E-state index is 0.0383. The third-order valence-corrected chi connectivity index (χ3v) is 3.45. The molecule has 0 unspecified atom stereocenters. The average Bonchev–Trinajstić information content (AvgIpc) is 2.50. The van der Waals surface area contributed by atoms with E-state index in [0.29, 0.717) is 38.1 Å². The summed E-state index contributed by atoms with van der Waals surface area (Å²) in [5.41, 5.74) is 1.68. The van der Waals surface area contributed by atoms with Crippen LogP contribution in [-0.4, -0.2) is 42.4 Å². The van der Waals surface area contributed by atoms with Crippen molar-refractivity contribution in [2.24, 2.45) is 0 Å². The van der Waals surface area contributed by atoms with Gasteiger partial charge < -0.3 is 10.1 Å². The minimum atomic E-state index is -0.193. The molecule has 1 aromatic rings. The standard InChI is InChI=1S/C16H20N2O4/c1-2-22-11-14(19)17-13-6-3-12(4-7-13)5-8-15(20)18-10-9-16(18)21/h3-4,6-7H,2,5,8-11H2,1H3,(H,17,19). The van der Waals surface area contributed by atoms with E-state index in [1.807, 2.05) is 19.1 Å². The van der Waals surface area contributed by atoms with E-state index in [0.717, 1.165) is 5.56 Å². The van der Waals surface area contributed by atoms with Crippen LogP contribution in [0.1, 0.15) is 25.3 Å². The quantitative estimate of drug-likeness (QED) is 0.772. The smallest absolute Gasteiger partial charge is 0.250 e. The van der Waals surface area contributed by atoms with Gasteiger partial charge in [-0.3, -0.25) is 19.3 Å². The van der Waals surface area contributed by atoms with Crippen molar-refractivity contribution in [2.75, 3.05) is 25.1 Å². The molecule has 0 spiro atoms. The molecule has 1 aliphatic heterocycles. The van der Waals surface area contributed by atoms with Crippen LogP contribution in [0.2, 0.25) is 0 Å². The molecule has 0 atom stereocenters. The summed E-state index contributed by atoms with van der Waals surface area (Å²) in [5, 5.41) is 2.73. The Kier molecular flexibility index (Phi) is 5.66. The van der Waals surface area contributed by atoms with Crippen molar-refractivity contribution in [3.8, 4) is 0 Å². The maximum absolute atomic E-state index is 11.8. The first kappa shape index (κ1) is 16.2. The molecule has 22 heavy (non-hydrogen) atoms. The molecule has 3 amide bonds. The molecule has 6 nitrogen and oxygen atoms in total. The topological polar surface area (TPSA) is 75.7 Å². The highest BCUT2D eigenvalue weighted by Gasteiger charge is 2.29. The zero-order chi connectivity index (χ0) is 15.9. The molecule has 0 bridgehead atoms. The van der Waals surface area contributed by atoms with E-state index in [2.05, 4.69) is 5.32 Å². The van der Waals surface area contributed by atoms with Gasteiger partial charge in [-0.15, -0.1) is 0 Å². The number of anilines is 1. The second-order valence-corrected chi connectivity index (χ2v) is 5.07. The Morgan fingerprint density at radius 2 is 2.00 bits per heavy atom. The Labute approximate surface area is 129 Å². The number of ether oxygens (including phenoxy) is 1. The highest BCUT2D eigenvalue weighted by molar-refractivity contribution is 5.99. The fourth-order valence-electron chi connectivity index (χ4n) is 2.11. The molecule has 0 aromatic heterocycles. The van der Waals surface area contributed by atoms with Crippen molar-refractivity contribution in [1.29, 1.82) is 0 Å². The number of β-lactam (4-membered cyclic amide) rings is 1. The molecular weight excluding hydrogens is 284 g/mol. The van der Waals surface area contributed by atoms with Crippen molar-refractivity contribution in [3.05, 3.63) is 29.8 Å². The lowest BCUT2D eigenvalue weighted by molar-refractivity contribution is -0.152. The second kappa shape index (κ2) is 7.70. The van der Waals surface area contributed by atoms with Gasteiger partial charge in [0, 0.05) is 31.7 Å². The molecule has 1 aliphatic rings. The first-order valence-corrected chi connectivity index (χ1v) is 7.40. The number of nitrogens with zero attached hydrogens (tertiary/aromatic N) is 1. The number of imide groups is 1. The summed E-state index contributed by atoms with van der Waals surface area (Å²) in [6, 6.07) is 7.31. The molecule has 0 radical (unpaired) electrons. The number of hydrogen-bond acceptors (Lipinski definition) is 4. The fraction of sp³-hybridized carbons (Fsp3) is 0.438. The van der Waals surface area contributed by atoms with E-state index >= 15 is 0 Å². The number of carbonyl (C=O) groups is 3. The monoisotopic (exact) mass is 304 g/mol. The normalized spacial score (nSPS) is 13.7. The van der Waals surface area contributed by atoms with Gasteiger partial charge in [-0.1, -0.05) is 12.1 Å². The van der Waals surface area contributed by atoms with E-state index < -0.39 is 0 Å². The average molecular weight is 304 g/mol. The lowest BCUT2D eigenvalue weighted by Crippen LogP contribution is -2.47. The first-order valence-electron chi connectivity index (χ1n) is 7.40. The number of likely N-dealkylation sites (tertiary alicyclic amines) is 1. The molecule has 1 saturated heterocycles. The van der Waals surface area contributed by atoms with Crippen molar-refractivity contribution in [1.82, 2.24) is 4.90 Å². The predicted molar refractivity (Wildman–Crippen MR) is 81.2 cm³/mol. The van der Waals surface area contributed by atoms with Gasteiger partial charge in [0.05, 0.1) is 0 Å². The van der Waals surface area contributed by atoms with Gasteiger partial charge >= 0.3 is 0 Å². The summed E-state index contributed by atoms with van der Waals surface area (Å²) in [4.78, 5) is 35.7. The Morgan fingerprint density at radius 3 is 2.55 bits per heavy atom. The fourth-order valence-corrected chi connectivity index (χ4v) is 2.11. The van der Waals surface area contributed by atoms with Crippen LogP contribution in [0.5, 0.6) is 0 Å². The molecule has 1 aromatic carbocycles. The van der Waals surface area contributed by atoms with Crippen molar-refractivity contribution >= 4 is 23.4 Å². The number of nitrogens with one attached hydrogen (secondary N) is 1. The van der Waals surface area contributed by atoms with Gasteiger partial charge in [-0.2, -0.15) is 0 Å². The van der Waals surface area contributed by atoms with Gasteiger partial charge in [-0.25, -0.2) is 0 Å². The molecule has 118 valence electrons. The number of benzene rings is 1. The van der Waals surface area contributed by atoms with Crippen LogP contribution in [-0.2, 0) is 25.5 Å². The van der Waals surface area contributed by atoms with Crippen molar-refractivity contribution in [2.45, 2.75) is 26.2 Å². The van der Waals surface area contributed by atoms with Gasteiger partial charge in [0.1, 0.15) is 6.61 Å². The van der Waals surface area contributed by atoms with Crippen LogP contribution >= 0.6 is 0 Å². The van der Waals surface area contributed by atoms with Crippen LogP contribution in [0.25, 0.3) is 0 Å². The van der Waals surface area contributed by atoms with Gasteiger partial charge in [0.2, 0.25) is 17.7 Å². The minimum Gasteiger partial charge on any atom is -0.372 e. The highest BCUT2D eigenvalue weighted by atomic mass is 16.5. The number of aryl methyl sites for hydroxylation is 1. The van der Waals surface area contributed by atoms with Crippen LogP contribution in [0, 0.1) is 0 Å². The van der Waals surface area contributed by atoms with Crippen molar-refractivity contribution in [3.63, 3.8) is 0 Å². The van der Waals surface area contributed by atoms with Gasteiger partial charge in [0.25, 0.3) is 0 Å². The molecule has 1 fully saturated rings. The molecular formula is C16H20N2O4. The highest BCUT2D eigenvalue weighted by Crippen LogP contribution is 2.14. The maximum Gasteiger partial charge on any atom is 0.250 e. The van der Waals surface area contributed by atoms with Crippen LogP contribution in [0.3, 0.4) is 0 Å². The summed E-state index contributed by atoms with van der Waals surface area (Å²) < 4.78 is 5.02. The van der Waals surface area contributed by atoms with Gasteiger partial charge in [0.15, 0.2) is 0 Å². The summed E-state index contributed by atoms with van der Waals surface area (Å²) in [6.07, 6.45) is 1.37. The Hall–Kier alpha value is -2.21. The molecule has 0 saturated carbocycles. The Morgan fingerprint density at radius 1 is 1.27 bits per heavy atom. The lowest BCUT2D eigenvalue weighted by Gasteiger charge is -2.28. The van der Waals surface area contributed by atoms with E-state index in [9.17, 15) is 14.4 Å². The van der Waals surface area contributed by atoms with E-state index in [1.54, 1.807) is 12.1 Å². The Bertz CT molecular complexity index is 554. The lowest BCUT2D eigenvalue weighted by atomic mass is 10.1. The molecule has 2 rings (SSSR count). The predicted octanol–water partition coefficient (Wildman–Crippen LogP) is 1.35. The number of rotatable bonds is 7. The largest absolute Gasteiger partial charge is 0.372 e. The van der Waals surface area contributed by atoms with E-state index in [4.69, 9.17) is 4.74 Å². The first-order chi connectivity index (χ1) is 10.6. The van der Waals surface area contributed by atoms with E-state index in [1.165, 1.54) is 4.90 Å². The maximum atomic E-state index is 11.8. The summed E-state index contributed by atoms with van der Waals surface area (Å²) in [5.74, 6) is -0.399. The molecule has 1 heterocycles. The molecule has 1 N–H and O–H groups in total. The van der Waals surface area contributed by atoms with Crippen LogP contribution in [0.4, 0.5) is 5.69 Å². The molecule has 6 heteroatoms. The number of carbonyl (C=O) groups excluding carboxylic acids is 3. The summed E-state index contributed by atoms with van der Waals surface area (Å²) in [6.45, 7) is 2.91. The number of amides is 3. The summed E-state index contributed by atoms with van der Waals surface area (Å²) >= 11 is 0. The zero-order valence-corrected chi connectivity index (χ0v) is 12.6. The number of hydrogen-bond donors (Lipinski definition) is 1. The summed E-state index contributed by atoms with van der Waals surface area (Å²) in [7, 11) is 0.